The molecule has 28 heavy (non-hydrogen) atoms. The fourth-order valence-corrected chi connectivity index (χ4v) is 2.79. The van der Waals surface area contributed by atoms with Crippen LogP contribution in [0.2, 0.25) is 0 Å². The molecule has 0 unspecified atom stereocenters. The van der Waals surface area contributed by atoms with Crippen LogP contribution in [0.15, 0.2) is 54.6 Å². The lowest BCUT2D eigenvalue weighted by molar-refractivity contribution is 0.262. The number of nitrogens with zero attached hydrogens (tertiary/aromatic N) is 2. The van der Waals surface area contributed by atoms with E-state index in [9.17, 15) is 14.3 Å². The van der Waals surface area contributed by atoms with E-state index in [0.29, 0.717) is 11.5 Å². The Hall–Kier alpha value is -3.19. The van der Waals surface area contributed by atoms with Crippen LogP contribution in [0, 0.1) is 5.82 Å². The minimum Gasteiger partial charge on any atom is -0.392 e. The van der Waals surface area contributed by atoms with Gasteiger partial charge in [0, 0.05) is 11.8 Å². The number of amides is 2. The second-order valence-electron chi connectivity index (χ2n) is 6.45. The summed E-state index contributed by atoms with van der Waals surface area (Å²) in [7, 11) is 0. The molecule has 7 heteroatoms. The van der Waals surface area contributed by atoms with Crippen LogP contribution in [0.25, 0.3) is 5.69 Å². The van der Waals surface area contributed by atoms with Crippen LogP contribution < -0.4 is 10.6 Å². The van der Waals surface area contributed by atoms with Gasteiger partial charge in [-0.2, -0.15) is 5.10 Å². The average Bonchev–Trinajstić information content (AvgIpc) is 3.10. The van der Waals surface area contributed by atoms with Crippen LogP contribution >= 0.6 is 0 Å². The maximum atomic E-state index is 13.0. The normalized spacial score (nSPS) is 10.7. The van der Waals surface area contributed by atoms with Crippen molar-refractivity contribution in [3.63, 3.8) is 0 Å². The molecule has 1 heterocycles. The largest absolute Gasteiger partial charge is 0.392 e. The Morgan fingerprint density at radius 1 is 1.14 bits per heavy atom. The highest BCUT2D eigenvalue weighted by molar-refractivity contribution is 5.99. The van der Waals surface area contributed by atoms with Crippen LogP contribution in [0.1, 0.15) is 31.0 Å². The molecule has 0 saturated carbocycles. The van der Waals surface area contributed by atoms with Gasteiger partial charge in [0.05, 0.1) is 18.0 Å². The highest BCUT2D eigenvalue weighted by atomic mass is 19.1. The molecule has 6 nitrogen and oxygen atoms in total. The zero-order valence-electron chi connectivity index (χ0n) is 15.7. The molecule has 0 aliphatic carbocycles. The number of carbonyl (C=O) groups excluding carboxylic acids is 1. The van der Waals surface area contributed by atoms with Gasteiger partial charge in [-0.1, -0.05) is 25.5 Å². The number of urea groups is 1. The predicted molar refractivity (Wildman–Crippen MR) is 107 cm³/mol. The first kappa shape index (κ1) is 19.6. The molecule has 2 amide bonds. The molecule has 3 rings (SSSR count). The Kier molecular flexibility index (Phi) is 6.39. The Bertz CT molecular complexity index is 938. The van der Waals surface area contributed by atoms with E-state index in [1.807, 2.05) is 30.3 Å². The monoisotopic (exact) mass is 382 g/mol. The summed E-state index contributed by atoms with van der Waals surface area (Å²) < 4.78 is 14.7. The minimum atomic E-state index is -0.451. The number of nitrogens with one attached hydrogen (secondary N) is 2. The topological polar surface area (TPSA) is 79.2 Å². The van der Waals surface area contributed by atoms with Gasteiger partial charge in [-0.25, -0.2) is 13.9 Å². The van der Waals surface area contributed by atoms with Crippen molar-refractivity contribution in [3.05, 3.63) is 71.7 Å². The van der Waals surface area contributed by atoms with Gasteiger partial charge in [-0.15, -0.1) is 0 Å². The first-order valence-corrected chi connectivity index (χ1v) is 9.21. The molecule has 0 bridgehead atoms. The Balaban J connectivity index is 1.84. The third kappa shape index (κ3) is 4.95. The van der Waals surface area contributed by atoms with E-state index in [0.717, 1.165) is 36.2 Å². The average molecular weight is 382 g/mol. The lowest BCUT2D eigenvalue weighted by Crippen LogP contribution is -2.21. The van der Waals surface area contributed by atoms with Crippen molar-refractivity contribution in [2.75, 3.05) is 10.6 Å². The number of hydrogen-bond donors (Lipinski definition) is 3. The number of aliphatic hydroxyl groups is 1. The lowest BCUT2D eigenvalue weighted by atomic mass is 10.2. The fourth-order valence-electron chi connectivity index (χ4n) is 2.79. The summed E-state index contributed by atoms with van der Waals surface area (Å²) in [5, 5.41) is 19.5. The van der Waals surface area contributed by atoms with E-state index in [-0.39, 0.29) is 12.4 Å². The second-order valence-corrected chi connectivity index (χ2v) is 6.45. The number of aryl methyl sites for hydroxylation is 1. The molecular weight excluding hydrogens is 359 g/mol. The van der Waals surface area contributed by atoms with Gasteiger partial charge in [-0.3, -0.25) is 5.32 Å². The summed E-state index contributed by atoms with van der Waals surface area (Å²) in [4.78, 5) is 12.4. The van der Waals surface area contributed by atoms with Gasteiger partial charge >= 0.3 is 6.03 Å². The van der Waals surface area contributed by atoms with Gasteiger partial charge in [0.25, 0.3) is 0 Å². The van der Waals surface area contributed by atoms with Gasteiger partial charge < -0.3 is 10.4 Å². The van der Waals surface area contributed by atoms with E-state index >= 15 is 0 Å². The standard InChI is InChI=1S/C21H23FN4O2/c1-2-3-6-18-13-20(24-21(28)23-17-10-8-16(22)9-11-17)26(25-18)19-7-4-5-15(12-19)14-27/h4-5,7-13,27H,2-3,6,14H2,1H3,(H2,23,24,28). The van der Waals surface area contributed by atoms with E-state index in [4.69, 9.17) is 0 Å². The Morgan fingerprint density at radius 3 is 2.64 bits per heavy atom. The predicted octanol–water partition coefficient (Wildman–Crippen LogP) is 4.49. The number of carbonyl (C=O) groups is 1. The zero-order chi connectivity index (χ0) is 19.9. The van der Waals surface area contributed by atoms with E-state index in [2.05, 4.69) is 22.7 Å². The molecule has 1 aromatic heterocycles. The molecule has 0 aliphatic rings. The van der Waals surface area contributed by atoms with Crippen molar-refractivity contribution < 1.29 is 14.3 Å². The number of anilines is 2. The highest BCUT2D eigenvalue weighted by Gasteiger charge is 2.13. The van der Waals surface area contributed by atoms with Crippen LogP contribution in [0.3, 0.4) is 0 Å². The number of halogens is 1. The van der Waals surface area contributed by atoms with Crippen molar-refractivity contribution in [1.82, 2.24) is 9.78 Å². The third-order valence-electron chi connectivity index (χ3n) is 4.23. The highest BCUT2D eigenvalue weighted by Crippen LogP contribution is 2.20. The summed E-state index contributed by atoms with van der Waals surface area (Å²) in [6.45, 7) is 2.03. The molecule has 0 aliphatic heterocycles. The molecule has 0 spiro atoms. The summed E-state index contributed by atoms with van der Waals surface area (Å²) in [6, 6.07) is 14.3. The number of unbranched alkanes of at least 4 members (excludes halogenated alkanes) is 1. The Morgan fingerprint density at radius 2 is 1.93 bits per heavy atom. The zero-order valence-corrected chi connectivity index (χ0v) is 15.7. The molecule has 0 radical (unpaired) electrons. The molecule has 146 valence electrons. The van der Waals surface area contributed by atoms with Crippen LogP contribution in [-0.4, -0.2) is 20.9 Å². The maximum Gasteiger partial charge on any atom is 0.324 e. The summed E-state index contributed by atoms with van der Waals surface area (Å²) in [5.74, 6) is 0.147. The molecule has 3 aromatic rings. The SMILES string of the molecule is CCCCc1cc(NC(=O)Nc2ccc(F)cc2)n(-c2cccc(CO)c2)n1. The van der Waals surface area contributed by atoms with Crippen LogP contribution in [0.5, 0.6) is 0 Å². The van der Waals surface area contributed by atoms with Crippen molar-refractivity contribution in [2.24, 2.45) is 0 Å². The summed E-state index contributed by atoms with van der Waals surface area (Å²) in [5.41, 5.74) is 2.85. The summed E-state index contributed by atoms with van der Waals surface area (Å²) >= 11 is 0. The number of aromatic nitrogens is 2. The quantitative estimate of drug-likeness (QED) is 0.563. The van der Waals surface area contributed by atoms with Gasteiger partial charge in [0.1, 0.15) is 11.6 Å². The van der Waals surface area contributed by atoms with Gasteiger partial charge in [0.15, 0.2) is 0 Å². The number of benzene rings is 2. The molecular formula is C21H23FN4O2. The Labute approximate surface area is 163 Å². The molecule has 2 aromatic carbocycles. The molecule has 0 fully saturated rings. The maximum absolute atomic E-state index is 13.0. The van der Waals surface area contributed by atoms with Gasteiger partial charge in [-0.05, 0) is 54.8 Å². The van der Waals surface area contributed by atoms with Crippen molar-refractivity contribution in [2.45, 2.75) is 32.8 Å². The van der Waals surface area contributed by atoms with E-state index < -0.39 is 6.03 Å². The number of rotatable bonds is 7. The van der Waals surface area contributed by atoms with Crippen molar-refractivity contribution in [1.29, 1.82) is 0 Å². The third-order valence-corrected chi connectivity index (χ3v) is 4.23. The van der Waals surface area contributed by atoms with Gasteiger partial charge in [0.2, 0.25) is 0 Å². The number of aliphatic hydroxyl groups excluding tert-OH is 1. The smallest absolute Gasteiger partial charge is 0.324 e. The van der Waals surface area contributed by atoms with E-state index in [1.54, 1.807) is 4.68 Å². The minimum absolute atomic E-state index is 0.0778. The lowest BCUT2D eigenvalue weighted by Gasteiger charge is -2.11. The molecule has 3 N–H and O–H groups in total. The van der Waals surface area contributed by atoms with E-state index in [1.165, 1.54) is 24.3 Å². The second kappa shape index (κ2) is 9.14. The van der Waals surface area contributed by atoms with Crippen LogP contribution in [0.4, 0.5) is 20.7 Å². The fraction of sp³-hybridized carbons (Fsp3) is 0.238. The summed E-state index contributed by atoms with van der Waals surface area (Å²) in [6.07, 6.45) is 2.84. The van der Waals surface area contributed by atoms with Crippen molar-refractivity contribution in [3.8, 4) is 5.69 Å². The molecule has 0 saturated heterocycles. The number of hydrogen-bond acceptors (Lipinski definition) is 3. The van der Waals surface area contributed by atoms with Crippen molar-refractivity contribution >= 4 is 17.5 Å². The first-order chi connectivity index (χ1) is 13.6. The van der Waals surface area contributed by atoms with Crippen LogP contribution in [-0.2, 0) is 13.0 Å². The molecule has 0 atom stereocenters. The first-order valence-electron chi connectivity index (χ1n) is 9.21.